The van der Waals surface area contributed by atoms with Crippen LogP contribution in [0.3, 0.4) is 0 Å². The first kappa shape index (κ1) is 17.0. The smallest absolute Gasteiger partial charge is 0.387 e. The Kier molecular flexibility index (Phi) is 5.35. The molecule has 0 spiro atoms. The number of halogens is 2. The van der Waals surface area contributed by atoms with E-state index in [1.807, 2.05) is 35.7 Å². The zero-order valence-corrected chi connectivity index (χ0v) is 14.2. The molecule has 1 aromatic heterocycles. The number of alkyl halides is 2. The fourth-order valence-corrected chi connectivity index (χ4v) is 3.08. The summed E-state index contributed by atoms with van der Waals surface area (Å²) in [5, 5.41) is 6.39. The lowest BCUT2D eigenvalue weighted by Gasteiger charge is -2.07. The number of rotatable bonds is 5. The van der Waals surface area contributed by atoms with E-state index in [4.69, 9.17) is 0 Å². The van der Waals surface area contributed by atoms with Gasteiger partial charge in [-0.25, -0.2) is 4.68 Å². The van der Waals surface area contributed by atoms with Crippen LogP contribution in [0, 0.1) is 0 Å². The topological polar surface area (TPSA) is 38.9 Å². The number of thiazole rings is 1. The van der Waals surface area contributed by atoms with Gasteiger partial charge >= 0.3 is 6.61 Å². The molecule has 0 fully saturated rings. The lowest BCUT2D eigenvalue weighted by molar-refractivity contribution is -0.0499. The van der Waals surface area contributed by atoms with Crippen LogP contribution in [-0.2, 0) is 0 Å². The van der Waals surface area contributed by atoms with E-state index in [0.29, 0.717) is 10.4 Å². The Bertz CT molecular complexity index is 933. The van der Waals surface area contributed by atoms with Gasteiger partial charge in [-0.15, -0.1) is 11.3 Å². The molecule has 0 saturated heterocycles. The van der Waals surface area contributed by atoms with Crippen LogP contribution in [0.2, 0.25) is 0 Å². The van der Waals surface area contributed by atoms with Crippen molar-refractivity contribution >= 4 is 17.6 Å². The van der Waals surface area contributed by atoms with Crippen molar-refractivity contribution in [2.45, 2.75) is 6.61 Å². The minimum atomic E-state index is -2.88. The maximum atomic E-state index is 12.5. The number of hydrogen-bond acceptors (Lipinski definition) is 4. The third-order valence-electron chi connectivity index (χ3n) is 3.39. The van der Waals surface area contributed by atoms with Crippen molar-refractivity contribution in [1.82, 2.24) is 4.68 Å². The predicted octanol–water partition coefficient (Wildman–Crippen LogP) is 4.23. The molecular formula is C18H15F2N3OS. The van der Waals surface area contributed by atoms with Crippen molar-refractivity contribution < 1.29 is 13.5 Å². The summed E-state index contributed by atoms with van der Waals surface area (Å²) in [5.74, 6) is 0.0772. The molecule has 4 nitrogen and oxygen atoms in total. The lowest BCUT2D eigenvalue weighted by atomic mass is 10.2. The molecule has 7 heteroatoms. The second-order valence-electron chi connectivity index (χ2n) is 4.97. The zero-order chi connectivity index (χ0) is 17.6. The Morgan fingerprint density at radius 1 is 1.08 bits per heavy atom. The van der Waals surface area contributed by atoms with Crippen molar-refractivity contribution in [2.75, 3.05) is 7.05 Å². The van der Waals surface area contributed by atoms with Gasteiger partial charge in [0.25, 0.3) is 0 Å². The highest BCUT2D eigenvalue weighted by Crippen LogP contribution is 2.21. The van der Waals surface area contributed by atoms with Gasteiger partial charge in [0.15, 0.2) is 0 Å². The number of hydrogen-bond donors (Lipinski definition) is 0. The van der Waals surface area contributed by atoms with E-state index >= 15 is 0 Å². The maximum absolute atomic E-state index is 12.5. The second-order valence-corrected chi connectivity index (χ2v) is 5.80. The molecule has 1 heterocycles. The van der Waals surface area contributed by atoms with E-state index < -0.39 is 6.61 Å². The number of ether oxygens (including phenoxy) is 1. The molecule has 0 amide bonds. The summed E-state index contributed by atoms with van der Waals surface area (Å²) in [5.41, 5.74) is 2.32. The van der Waals surface area contributed by atoms with E-state index in [9.17, 15) is 8.78 Å². The molecular weight excluding hydrogens is 344 g/mol. The number of nitrogens with zero attached hydrogens (tertiary/aromatic N) is 3. The van der Waals surface area contributed by atoms with Crippen LogP contribution in [0.5, 0.6) is 5.75 Å². The van der Waals surface area contributed by atoms with Gasteiger partial charge < -0.3 is 4.74 Å². The molecule has 0 radical (unpaired) electrons. The normalized spacial score (nSPS) is 12.2. The van der Waals surface area contributed by atoms with Crippen molar-refractivity contribution in [3.05, 3.63) is 70.3 Å². The Labute approximate surface area is 147 Å². The first-order valence-electron chi connectivity index (χ1n) is 7.46. The van der Waals surface area contributed by atoms with Gasteiger partial charge in [-0.1, -0.05) is 42.5 Å². The summed E-state index contributed by atoms with van der Waals surface area (Å²) in [6.45, 7) is -2.88. The largest absolute Gasteiger partial charge is 0.434 e. The Morgan fingerprint density at radius 3 is 2.52 bits per heavy atom. The first-order valence-corrected chi connectivity index (χ1v) is 8.34. The summed E-state index contributed by atoms with van der Waals surface area (Å²) in [7, 11) is 1.68. The summed E-state index contributed by atoms with van der Waals surface area (Å²) < 4.78 is 31.3. The van der Waals surface area contributed by atoms with Crippen molar-refractivity contribution in [3.63, 3.8) is 0 Å². The van der Waals surface area contributed by atoms with E-state index in [1.54, 1.807) is 29.9 Å². The lowest BCUT2D eigenvalue weighted by Crippen LogP contribution is -2.12. The summed E-state index contributed by atoms with van der Waals surface area (Å²) >= 11 is 1.45. The fourth-order valence-electron chi connectivity index (χ4n) is 2.28. The highest BCUT2D eigenvalue weighted by molar-refractivity contribution is 7.07. The van der Waals surface area contributed by atoms with Gasteiger partial charge in [-0.2, -0.15) is 13.9 Å². The second kappa shape index (κ2) is 7.85. The molecule has 3 aromatic rings. The molecule has 2 aromatic carbocycles. The highest BCUT2D eigenvalue weighted by Gasteiger charge is 2.09. The molecule has 0 N–H and O–H groups in total. The van der Waals surface area contributed by atoms with Crippen LogP contribution in [0.4, 0.5) is 8.78 Å². The molecule has 0 atom stereocenters. The number of para-hydroxylation sites is 1. The monoisotopic (exact) mass is 359 g/mol. The van der Waals surface area contributed by atoms with Crippen LogP contribution >= 0.6 is 11.3 Å². The van der Waals surface area contributed by atoms with Gasteiger partial charge in [0, 0.05) is 23.6 Å². The maximum Gasteiger partial charge on any atom is 0.387 e. The third kappa shape index (κ3) is 4.00. The minimum absolute atomic E-state index is 0.0772. The van der Waals surface area contributed by atoms with Crippen LogP contribution in [0.15, 0.2) is 70.1 Å². The zero-order valence-electron chi connectivity index (χ0n) is 13.3. The Hall–Kier alpha value is -2.80. The van der Waals surface area contributed by atoms with E-state index in [0.717, 1.165) is 11.3 Å². The molecule has 0 unspecified atom stereocenters. The molecule has 0 saturated carbocycles. The molecule has 0 aliphatic heterocycles. The molecule has 128 valence electrons. The van der Waals surface area contributed by atoms with E-state index in [2.05, 4.69) is 14.8 Å². The van der Waals surface area contributed by atoms with Crippen LogP contribution < -0.4 is 9.54 Å². The summed E-state index contributed by atoms with van der Waals surface area (Å²) in [6, 6.07) is 16.3. The average Bonchev–Trinajstić information content (AvgIpc) is 3.04. The van der Waals surface area contributed by atoms with Gasteiger partial charge in [0.1, 0.15) is 5.75 Å². The summed E-state index contributed by atoms with van der Waals surface area (Å²) in [4.78, 5) is 4.91. The molecule has 0 aliphatic carbocycles. The standard InChI is InChI=1S/C18H15F2N3OS/c1-21-18-23(15(12-25-18)13-7-3-2-4-8-13)22-11-14-9-5-6-10-16(14)24-17(19)20/h2-12,17H,1H3/b21-18?,22-11-. The molecule has 25 heavy (non-hydrogen) atoms. The van der Waals surface area contributed by atoms with Crippen LogP contribution in [0.25, 0.3) is 11.3 Å². The summed E-state index contributed by atoms with van der Waals surface area (Å²) in [6.07, 6.45) is 1.49. The average molecular weight is 359 g/mol. The fraction of sp³-hybridized carbons (Fsp3) is 0.111. The van der Waals surface area contributed by atoms with Crippen molar-refractivity contribution in [1.29, 1.82) is 0 Å². The van der Waals surface area contributed by atoms with Crippen molar-refractivity contribution in [3.8, 4) is 17.0 Å². The molecule has 0 aliphatic rings. The highest BCUT2D eigenvalue weighted by atomic mass is 32.1. The van der Waals surface area contributed by atoms with Crippen molar-refractivity contribution in [2.24, 2.45) is 10.1 Å². The van der Waals surface area contributed by atoms with Gasteiger partial charge in [0.2, 0.25) is 4.80 Å². The number of aromatic nitrogens is 1. The van der Waals surface area contributed by atoms with E-state index in [-0.39, 0.29) is 5.75 Å². The van der Waals surface area contributed by atoms with Gasteiger partial charge in [-0.3, -0.25) is 4.99 Å². The Balaban J connectivity index is 2.02. The number of benzene rings is 2. The first-order chi connectivity index (χ1) is 12.2. The predicted molar refractivity (Wildman–Crippen MR) is 95.3 cm³/mol. The van der Waals surface area contributed by atoms with Crippen LogP contribution in [-0.4, -0.2) is 24.5 Å². The quantitative estimate of drug-likeness (QED) is 0.628. The molecule has 3 rings (SSSR count). The van der Waals surface area contributed by atoms with Gasteiger partial charge in [-0.05, 0) is 12.1 Å². The van der Waals surface area contributed by atoms with Crippen LogP contribution in [0.1, 0.15) is 5.56 Å². The minimum Gasteiger partial charge on any atom is -0.434 e. The van der Waals surface area contributed by atoms with E-state index in [1.165, 1.54) is 23.6 Å². The third-order valence-corrected chi connectivity index (χ3v) is 4.30. The van der Waals surface area contributed by atoms with Gasteiger partial charge in [0.05, 0.1) is 11.9 Å². The Morgan fingerprint density at radius 2 is 1.80 bits per heavy atom. The SMILES string of the molecule is CN=c1scc(-c2ccccc2)n1/N=C\c1ccccc1OC(F)F. The molecule has 0 bridgehead atoms.